The molecule has 0 aliphatic rings. The molecule has 0 N–H and O–H groups in total. The number of methoxy groups -OCH3 is 1. The highest BCUT2D eigenvalue weighted by Gasteiger charge is 2.19. The van der Waals surface area contributed by atoms with Gasteiger partial charge >= 0.3 is 5.97 Å². The van der Waals surface area contributed by atoms with Crippen molar-refractivity contribution in [3.63, 3.8) is 0 Å². The summed E-state index contributed by atoms with van der Waals surface area (Å²) in [5, 5.41) is 0. The highest BCUT2D eigenvalue weighted by atomic mass is 79.9. The molecule has 0 saturated heterocycles. The van der Waals surface area contributed by atoms with Crippen LogP contribution >= 0.6 is 15.9 Å². The molecule has 114 valence electrons. The Morgan fingerprint density at radius 2 is 1.82 bits per heavy atom. The van der Waals surface area contributed by atoms with E-state index >= 15 is 0 Å². The Labute approximate surface area is 137 Å². The fraction of sp³-hybridized carbons (Fsp3) is 0.176. The molecule has 0 spiro atoms. The van der Waals surface area contributed by atoms with Crippen molar-refractivity contribution in [3.8, 4) is 5.75 Å². The minimum absolute atomic E-state index is 0.138. The average molecular weight is 363 g/mol. The van der Waals surface area contributed by atoms with E-state index in [1.807, 2.05) is 30.3 Å². The predicted molar refractivity (Wildman–Crippen MR) is 86.3 cm³/mol. The number of carbonyl (C=O) groups is 2. The fourth-order valence-electron chi connectivity index (χ4n) is 1.93. The van der Waals surface area contributed by atoms with Gasteiger partial charge in [0.05, 0.1) is 11.6 Å². The lowest BCUT2D eigenvalue weighted by molar-refractivity contribution is 0.0595. The zero-order chi connectivity index (χ0) is 16.1. The van der Waals surface area contributed by atoms with Crippen molar-refractivity contribution >= 4 is 27.7 Å². The maximum atomic E-state index is 11.9. The van der Waals surface area contributed by atoms with Crippen LogP contribution < -0.4 is 4.74 Å². The van der Waals surface area contributed by atoms with Gasteiger partial charge in [0.1, 0.15) is 17.9 Å². The van der Waals surface area contributed by atoms with Gasteiger partial charge in [-0.25, -0.2) is 4.79 Å². The Morgan fingerprint density at radius 3 is 2.41 bits per heavy atom. The minimum atomic E-state index is -0.549. The van der Waals surface area contributed by atoms with E-state index in [4.69, 9.17) is 9.47 Å². The van der Waals surface area contributed by atoms with Gasteiger partial charge in [-0.05, 0) is 40.5 Å². The molecule has 22 heavy (non-hydrogen) atoms. The van der Waals surface area contributed by atoms with Crippen molar-refractivity contribution < 1.29 is 19.1 Å². The van der Waals surface area contributed by atoms with Gasteiger partial charge < -0.3 is 9.47 Å². The van der Waals surface area contributed by atoms with Gasteiger partial charge in [0.25, 0.3) is 0 Å². The van der Waals surface area contributed by atoms with Gasteiger partial charge in [-0.1, -0.05) is 30.3 Å². The summed E-state index contributed by atoms with van der Waals surface area (Å²) >= 11 is 3.35. The Balaban J connectivity index is 2.36. The highest BCUT2D eigenvalue weighted by molar-refractivity contribution is 9.10. The third-order valence-corrected chi connectivity index (χ3v) is 3.67. The molecule has 0 heterocycles. The summed E-state index contributed by atoms with van der Waals surface area (Å²) in [5.41, 5.74) is 1.61. The van der Waals surface area contributed by atoms with E-state index in [-0.39, 0.29) is 11.3 Å². The summed E-state index contributed by atoms with van der Waals surface area (Å²) in [6.45, 7) is 1.75. The molecule has 0 aliphatic carbocycles. The van der Waals surface area contributed by atoms with Crippen molar-refractivity contribution in [2.75, 3.05) is 7.11 Å². The van der Waals surface area contributed by atoms with Crippen molar-refractivity contribution in [2.24, 2.45) is 0 Å². The molecule has 0 bridgehead atoms. The molecule has 5 heteroatoms. The number of esters is 1. The average Bonchev–Trinajstić information content (AvgIpc) is 2.53. The number of carbonyl (C=O) groups excluding carboxylic acids is 2. The molecule has 2 rings (SSSR count). The Kier molecular flexibility index (Phi) is 5.33. The lowest BCUT2D eigenvalue weighted by Gasteiger charge is -2.13. The van der Waals surface area contributed by atoms with Gasteiger partial charge in [-0.15, -0.1) is 0 Å². The summed E-state index contributed by atoms with van der Waals surface area (Å²) < 4.78 is 11.1. The van der Waals surface area contributed by atoms with Crippen LogP contribution in [0, 0.1) is 0 Å². The number of ether oxygens (including phenoxy) is 2. The summed E-state index contributed by atoms with van der Waals surface area (Å²) in [6.07, 6.45) is 0. The second-order valence-corrected chi connectivity index (χ2v) is 5.51. The molecule has 0 unspecified atom stereocenters. The molecular formula is C17H15BrO4. The zero-order valence-electron chi connectivity index (χ0n) is 12.3. The number of Topliss-reactive ketones (excluding diaryl/α,β-unsaturated/α-hetero) is 1. The Bertz CT molecular complexity index is 695. The van der Waals surface area contributed by atoms with E-state index in [2.05, 4.69) is 15.9 Å². The summed E-state index contributed by atoms with van der Waals surface area (Å²) in [6, 6.07) is 12.7. The van der Waals surface area contributed by atoms with Crippen LogP contribution in [0.3, 0.4) is 0 Å². The zero-order valence-corrected chi connectivity index (χ0v) is 13.8. The van der Waals surface area contributed by atoms with E-state index in [9.17, 15) is 9.59 Å². The number of hydrogen-bond acceptors (Lipinski definition) is 4. The predicted octanol–water partition coefficient (Wildman–Crippen LogP) is 4.02. The molecule has 0 saturated carbocycles. The highest BCUT2D eigenvalue weighted by Crippen LogP contribution is 2.32. The first-order valence-corrected chi connectivity index (χ1v) is 7.41. The topological polar surface area (TPSA) is 52.6 Å². The third kappa shape index (κ3) is 3.74. The minimum Gasteiger partial charge on any atom is -0.487 e. The van der Waals surface area contributed by atoms with Crippen LogP contribution in [0.4, 0.5) is 0 Å². The molecular weight excluding hydrogens is 348 g/mol. The normalized spacial score (nSPS) is 10.1. The van der Waals surface area contributed by atoms with Crippen molar-refractivity contribution in [2.45, 2.75) is 13.5 Å². The van der Waals surface area contributed by atoms with Crippen molar-refractivity contribution in [3.05, 3.63) is 63.6 Å². The van der Waals surface area contributed by atoms with Crippen LogP contribution in [0.25, 0.3) is 0 Å². The maximum absolute atomic E-state index is 11.9. The number of rotatable bonds is 5. The van der Waals surface area contributed by atoms with Crippen LogP contribution in [-0.2, 0) is 11.3 Å². The third-order valence-electron chi connectivity index (χ3n) is 3.08. The molecule has 0 fully saturated rings. The Morgan fingerprint density at radius 1 is 1.14 bits per heavy atom. The summed E-state index contributed by atoms with van der Waals surface area (Å²) in [7, 11) is 1.29. The monoisotopic (exact) mass is 362 g/mol. The molecule has 0 atom stereocenters. The van der Waals surface area contributed by atoms with Gasteiger partial charge in [0, 0.05) is 5.56 Å². The van der Waals surface area contributed by atoms with Gasteiger partial charge in [-0.2, -0.15) is 0 Å². The largest absolute Gasteiger partial charge is 0.487 e. The van der Waals surface area contributed by atoms with Crippen molar-refractivity contribution in [1.82, 2.24) is 0 Å². The van der Waals surface area contributed by atoms with E-state index in [0.717, 1.165) is 5.56 Å². The molecule has 4 nitrogen and oxygen atoms in total. The van der Waals surface area contributed by atoms with Gasteiger partial charge in [-0.3, -0.25) is 4.79 Å². The first kappa shape index (κ1) is 16.2. The smallest absolute Gasteiger partial charge is 0.341 e. The van der Waals surface area contributed by atoms with Crippen LogP contribution in [0.5, 0.6) is 5.75 Å². The van der Waals surface area contributed by atoms with Crippen LogP contribution in [0.15, 0.2) is 46.9 Å². The van der Waals surface area contributed by atoms with Crippen LogP contribution in [-0.4, -0.2) is 18.9 Å². The Hall–Kier alpha value is -2.14. The molecule has 0 amide bonds. The number of ketones is 1. The lowest BCUT2D eigenvalue weighted by Crippen LogP contribution is -2.08. The molecule has 0 aromatic heterocycles. The van der Waals surface area contributed by atoms with E-state index in [0.29, 0.717) is 22.4 Å². The van der Waals surface area contributed by atoms with Gasteiger partial charge in [0.15, 0.2) is 5.78 Å². The maximum Gasteiger partial charge on any atom is 0.341 e. The van der Waals surface area contributed by atoms with Crippen molar-refractivity contribution in [1.29, 1.82) is 0 Å². The molecule has 2 aromatic rings. The van der Waals surface area contributed by atoms with E-state index < -0.39 is 5.97 Å². The SMILES string of the molecule is COC(=O)c1cc(C(C)=O)cc(Br)c1OCc1ccccc1. The van der Waals surface area contributed by atoms with Gasteiger partial charge in [0.2, 0.25) is 0 Å². The second-order valence-electron chi connectivity index (χ2n) is 4.66. The standard InChI is InChI=1S/C17H15BrO4/c1-11(19)13-8-14(17(20)21-2)16(15(18)9-13)22-10-12-6-4-3-5-7-12/h3-9H,10H2,1-2H3. The first-order chi connectivity index (χ1) is 10.5. The summed E-state index contributed by atoms with van der Waals surface area (Å²) in [4.78, 5) is 23.5. The quantitative estimate of drug-likeness (QED) is 0.595. The fourth-order valence-corrected chi connectivity index (χ4v) is 2.51. The van der Waals surface area contributed by atoms with Crippen LogP contribution in [0.1, 0.15) is 33.2 Å². The summed E-state index contributed by atoms with van der Waals surface area (Å²) in [5.74, 6) is -0.326. The second kappa shape index (κ2) is 7.22. The molecule has 0 radical (unpaired) electrons. The van der Waals surface area contributed by atoms with E-state index in [1.54, 1.807) is 6.07 Å². The lowest BCUT2D eigenvalue weighted by atomic mass is 10.1. The molecule has 0 aliphatic heterocycles. The molecule has 2 aromatic carbocycles. The van der Waals surface area contributed by atoms with Crippen LogP contribution in [0.2, 0.25) is 0 Å². The number of hydrogen-bond donors (Lipinski definition) is 0. The van der Waals surface area contributed by atoms with E-state index in [1.165, 1.54) is 20.1 Å². The number of benzene rings is 2. The first-order valence-electron chi connectivity index (χ1n) is 6.62. The number of halogens is 1.